The molecule has 0 aliphatic heterocycles. The van der Waals surface area contributed by atoms with Gasteiger partial charge in [-0.25, -0.2) is 0 Å². The average molecular weight is 306 g/mol. The topological polar surface area (TPSA) is 62.7 Å². The van der Waals surface area contributed by atoms with Crippen LogP contribution in [0.1, 0.15) is 38.8 Å². The predicted molar refractivity (Wildman–Crippen MR) is 86.7 cm³/mol. The van der Waals surface area contributed by atoms with E-state index in [1.807, 2.05) is 18.2 Å². The Hall–Kier alpha value is -1.88. The molecule has 0 saturated heterocycles. The highest BCUT2D eigenvalue weighted by Gasteiger charge is 2.10. The summed E-state index contributed by atoms with van der Waals surface area (Å²) in [6.45, 7) is 6.21. The fraction of sp³-hybridized carbons (Fsp3) is 0.400. The zero-order chi connectivity index (χ0) is 15.2. The zero-order valence-corrected chi connectivity index (χ0v) is 13.2. The Labute approximate surface area is 130 Å². The fourth-order valence-corrected chi connectivity index (χ4v) is 1.98. The van der Waals surface area contributed by atoms with E-state index in [4.69, 9.17) is 11.6 Å². The highest BCUT2D eigenvalue weighted by atomic mass is 35.5. The lowest BCUT2D eigenvalue weighted by Crippen LogP contribution is -2.17. The molecule has 0 aliphatic rings. The first-order valence-corrected chi connectivity index (χ1v) is 7.46. The van der Waals surface area contributed by atoms with Gasteiger partial charge in [-0.2, -0.15) is 15.0 Å². The van der Waals surface area contributed by atoms with E-state index in [0.29, 0.717) is 11.9 Å². The van der Waals surface area contributed by atoms with Crippen LogP contribution in [0, 0.1) is 0 Å². The van der Waals surface area contributed by atoms with Crippen LogP contribution in [0.25, 0.3) is 0 Å². The Bertz CT molecular complexity index is 576. The molecule has 2 N–H and O–H groups in total. The molecule has 0 radical (unpaired) electrons. The molecule has 2 rings (SSSR count). The molecule has 0 spiro atoms. The molecule has 2 atom stereocenters. The average Bonchev–Trinajstić information content (AvgIpc) is 2.47. The van der Waals surface area contributed by atoms with Crippen LogP contribution in [-0.4, -0.2) is 21.0 Å². The second-order valence-electron chi connectivity index (χ2n) is 4.98. The number of nitrogens with one attached hydrogen (secondary N) is 2. The van der Waals surface area contributed by atoms with E-state index >= 15 is 0 Å². The number of hydrogen-bond acceptors (Lipinski definition) is 5. The van der Waals surface area contributed by atoms with Gasteiger partial charge in [-0.3, -0.25) is 0 Å². The van der Waals surface area contributed by atoms with Crippen LogP contribution in [0.15, 0.2) is 30.3 Å². The maximum atomic E-state index is 5.96. The van der Waals surface area contributed by atoms with Crippen LogP contribution in [-0.2, 0) is 0 Å². The van der Waals surface area contributed by atoms with Crippen LogP contribution in [0.2, 0.25) is 5.28 Å². The first kappa shape index (κ1) is 15.5. The zero-order valence-electron chi connectivity index (χ0n) is 12.5. The molecule has 0 fully saturated rings. The van der Waals surface area contributed by atoms with E-state index in [-0.39, 0.29) is 17.4 Å². The van der Waals surface area contributed by atoms with Crippen molar-refractivity contribution in [3.8, 4) is 0 Å². The van der Waals surface area contributed by atoms with Gasteiger partial charge in [0.1, 0.15) is 0 Å². The summed E-state index contributed by atoms with van der Waals surface area (Å²) in [5.74, 6) is 0.962. The van der Waals surface area contributed by atoms with Gasteiger partial charge in [-0.15, -0.1) is 0 Å². The Morgan fingerprint density at radius 1 is 1.00 bits per heavy atom. The Balaban J connectivity index is 2.12. The summed E-state index contributed by atoms with van der Waals surface area (Å²) in [5, 5.41) is 6.62. The van der Waals surface area contributed by atoms with E-state index in [1.165, 1.54) is 0 Å². The number of rotatable bonds is 6. The molecule has 0 saturated carbocycles. The number of hydrogen-bond donors (Lipinski definition) is 2. The third-order valence-corrected chi connectivity index (χ3v) is 3.41. The number of halogens is 1. The number of anilines is 2. The van der Waals surface area contributed by atoms with Crippen LogP contribution in [0.5, 0.6) is 0 Å². The van der Waals surface area contributed by atoms with Gasteiger partial charge in [0.25, 0.3) is 0 Å². The predicted octanol–water partition coefficient (Wildman–Crippen LogP) is 3.91. The molecule has 5 nitrogen and oxygen atoms in total. The monoisotopic (exact) mass is 305 g/mol. The number of aromatic nitrogens is 3. The van der Waals surface area contributed by atoms with Gasteiger partial charge in [0.2, 0.25) is 17.2 Å². The third-order valence-electron chi connectivity index (χ3n) is 3.24. The number of nitrogens with zero attached hydrogens (tertiary/aromatic N) is 3. The second kappa shape index (κ2) is 7.22. The van der Waals surface area contributed by atoms with Crippen LogP contribution >= 0.6 is 11.6 Å². The molecule has 1 heterocycles. The second-order valence-corrected chi connectivity index (χ2v) is 5.32. The summed E-state index contributed by atoms with van der Waals surface area (Å²) in [5.41, 5.74) is 1.16. The molecule has 1 aromatic heterocycles. The minimum atomic E-state index is 0.0844. The molecule has 2 aromatic rings. The van der Waals surface area contributed by atoms with Crippen molar-refractivity contribution in [1.82, 2.24) is 15.0 Å². The van der Waals surface area contributed by atoms with Gasteiger partial charge < -0.3 is 10.6 Å². The lowest BCUT2D eigenvalue weighted by Gasteiger charge is -2.16. The summed E-state index contributed by atoms with van der Waals surface area (Å²) >= 11 is 5.96. The standard InChI is InChI=1S/C15H20ClN5/c1-4-10(2)17-14-19-13(16)20-15(21-14)18-11(3)12-8-6-5-7-9-12/h5-11H,4H2,1-3H3,(H2,17,18,19,20,21)/t10-,11+/m1/s1. The molecule has 0 bridgehead atoms. The Morgan fingerprint density at radius 3 is 2.24 bits per heavy atom. The van der Waals surface area contributed by atoms with Crippen LogP contribution < -0.4 is 10.6 Å². The van der Waals surface area contributed by atoms with Gasteiger partial charge in [-0.05, 0) is 37.4 Å². The van der Waals surface area contributed by atoms with Gasteiger partial charge in [0.05, 0.1) is 6.04 Å². The number of benzene rings is 1. The minimum absolute atomic E-state index is 0.0844. The van der Waals surface area contributed by atoms with Crippen molar-refractivity contribution >= 4 is 23.5 Å². The van der Waals surface area contributed by atoms with E-state index in [1.54, 1.807) is 0 Å². The van der Waals surface area contributed by atoms with Gasteiger partial charge in [0.15, 0.2) is 0 Å². The highest BCUT2D eigenvalue weighted by molar-refractivity contribution is 6.28. The molecule has 0 amide bonds. The largest absolute Gasteiger partial charge is 0.352 e. The quantitative estimate of drug-likeness (QED) is 0.847. The summed E-state index contributed by atoms with van der Waals surface area (Å²) in [6, 6.07) is 10.5. The SMILES string of the molecule is CC[C@@H](C)Nc1nc(Cl)nc(N[C@@H](C)c2ccccc2)n1. The maximum absolute atomic E-state index is 5.96. The van der Waals surface area contributed by atoms with Crippen molar-refractivity contribution in [1.29, 1.82) is 0 Å². The highest BCUT2D eigenvalue weighted by Crippen LogP contribution is 2.18. The Kier molecular flexibility index (Phi) is 5.33. The van der Waals surface area contributed by atoms with Crippen LogP contribution in [0.4, 0.5) is 11.9 Å². The molecule has 1 aromatic carbocycles. The van der Waals surface area contributed by atoms with E-state index in [9.17, 15) is 0 Å². The van der Waals surface area contributed by atoms with Gasteiger partial charge in [-0.1, -0.05) is 37.3 Å². The molecule has 0 unspecified atom stereocenters. The third kappa shape index (κ3) is 4.56. The van der Waals surface area contributed by atoms with Gasteiger partial charge in [0, 0.05) is 6.04 Å². The van der Waals surface area contributed by atoms with Crippen molar-refractivity contribution < 1.29 is 0 Å². The normalized spacial score (nSPS) is 13.5. The van der Waals surface area contributed by atoms with Crippen molar-refractivity contribution in [3.63, 3.8) is 0 Å². The van der Waals surface area contributed by atoms with E-state index in [0.717, 1.165) is 12.0 Å². The summed E-state index contributed by atoms with van der Waals surface area (Å²) < 4.78 is 0. The molecule has 112 valence electrons. The smallest absolute Gasteiger partial charge is 0.229 e. The fourth-order valence-electron chi connectivity index (χ4n) is 1.82. The lowest BCUT2D eigenvalue weighted by atomic mass is 10.1. The van der Waals surface area contributed by atoms with E-state index < -0.39 is 0 Å². The van der Waals surface area contributed by atoms with Crippen molar-refractivity contribution in [2.75, 3.05) is 10.6 Å². The molecular formula is C15H20ClN5. The Morgan fingerprint density at radius 2 is 1.62 bits per heavy atom. The lowest BCUT2D eigenvalue weighted by molar-refractivity contribution is 0.749. The first-order valence-electron chi connectivity index (χ1n) is 7.08. The van der Waals surface area contributed by atoms with Gasteiger partial charge >= 0.3 is 0 Å². The summed E-state index contributed by atoms with van der Waals surface area (Å²) in [4.78, 5) is 12.6. The van der Waals surface area contributed by atoms with Crippen molar-refractivity contribution in [2.24, 2.45) is 0 Å². The maximum Gasteiger partial charge on any atom is 0.229 e. The van der Waals surface area contributed by atoms with Crippen LogP contribution in [0.3, 0.4) is 0 Å². The summed E-state index contributed by atoms with van der Waals surface area (Å²) in [7, 11) is 0. The van der Waals surface area contributed by atoms with Crippen molar-refractivity contribution in [3.05, 3.63) is 41.2 Å². The van der Waals surface area contributed by atoms with E-state index in [2.05, 4.69) is 58.5 Å². The molecule has 0 aliphatic carbocycles. The first-order chi connectivity index (χ1) is 10.1. The summed E-state index contributed by atoms with van der Waals surface area (Å²) in [6.07, 6.45) is 0.979. The minimum Gasteiger partial charge on any atom is -0.352 e. The van der Waals surface area contributed by atoms with Crippen molar-refractivity contribution in [2.45, 2.75) is 39.3 Å². The molecule has 21 heavy (non-hydrogen) atoms. The molecular weight excluding hydrogens is 286 g/mol. The molecule has 6 heteroatoms.